The fourth-order valence-corrected chi connectivity index (χ4v) is 3.80. The van der Waals surface area contributed by atoms with Crippen LogP contribution in [0, 0.1) is 0 Å². The first-order valence-corrected chi connectivity index (χ1v) is 9.42. The Morgan fingerprint density at radius 3 is 2.64 bits per heavy atom. The molecule has 1 aromatic rings. The highest BCUT2D eigenvalue weighted by atomic mass is 79.9. The van der Waals surface area contributed by atoms with Crippen LogP contribution in [0.1, 0.15) is 26.3 Å². The monoisotopic (exact) mass is 438 g/mol. The first-order valence-electron chi connectivity index (χ1n) is 7.62. The van der Waals surface area contributed by atoms with Crippen molar-refractivity contribution < 1.29 is 22.7 Å². The molecule has 1 heterocycles. The average Bonchev–Trinajstić information content (AvgIpc) is 2.89. The molecule has 1 saturated heterocycles. The van der Waals surface area contributed by atoms with E-state index in [4.69, 9.17) is 4.74 Å². The number of halogens is 4. The molecule has 138 valence electrons. The fraction of sp³-hybridized carbons (Fsp3) is 0.500. The molecule has 1 fully saturated rings. The third-order valence-corrected chi connectivity index (χ3v) is 5.74. The number of amides is 1. The zero-order valence-corrected chi connectivity index (χ0v) is 16.3. The number of nitrogens with zero attached hydrogens (tertiary/aromatic N) is 2. The molecule has 1 amide bonds. The minimum Gasteiger partial charge on any atom is -0.445 e. The lowest BCUT2D eigenvalue weighted by Crippen LogP contribution is -2.28. The summed E-state index contributed by atoms with van der Waals surface area (Å²) < 4.78 is 43.9. The largest absolute Gasteiger partial charge is 0.445 e. The van der Waals surface area contributed by atoms with Crippen LogP contribution < -0.4 is 4.90 Å². The van der Waals surface area contributed by atoms with E-state index in [1.54, 1.807) is 24.8 Å². The van der Waals surface area contributed by atoms with E-state index in [-0.39, 0.29) is 16.2 Å². The van der Waals surface area contributed by atoms with Gasteiger partial charge in [-0.3, -0.25) is 0 Å². The second kappa shape index (κ2) is 7.99. The Kier molecular flexibility index (Phi) is 6.42. The van der Waals surface area contributed by atoms with Gasteiger partial charge in [0, 0.05) is 22.3 Å². The van der Waals surface area contributed by atoms with Crippen LogP contribution in [0.25, 0.3) is 0 Å². The molecular weight excluding hydrogens is 421 g/mol. The van der Waals surface area contributed by atoms with Gasteiger partial charge in [-0.25, -0.2) is 4.79 Å². The summed E-state index contributed by atoms with van der Waals surface area (Å²) in [7, 11) is 0. The van der Waals surface area contributed by atoms with Crippen LogP contribution in [-0.2, 0) is 10.9 Å². The Hall–Kier alpha value is -1.22. The van der Waals surface area contributed by atoms with E-state index in [0.717, 1.165) is 12.1 Å². The minimum atomic E-state index is -4.43. The van der Waals surface area contributed by atoms with E-state index in [2.05, 4.69) is 20.9 Å². The summed E-state index contributed by atoms with van der Waals surface area (Å²) in [5, 5.41) is 0.376. The molecule has 0 spiro atoms. The molecule has 9 heteroatoms. The SMILES string of the molecule is CC(C)OC(=O)N=C1SC(C(C)Br)CN1c1cccc(C(F)(F)F)c1. The van der Waals surface area contributed by atoms with Gasteiger partial charge in [-0.1, -0.05) is 40.7 Å². The maximum Gasteiger partial charge on any atom is 0.436 e. The van der Waals surface area contributed by atoms with E-state index in [1.165, 1.54) is 17.8 Å². The van der Waals surface area contributed by atoms with Gasteiger partial charge in [0.25, 0.3) is 0 Å². The number of ether oxygens (including phenoxy) is 1. The van der Waals surface area contributed by atoms with Crippen molar-refractivity contribution in [3.63, 3.8) is 0 Å². The molecule has 0 radical (unpaired) electrons. The van der Waals surface area contributed by atoms with Crippen LogP contribution in [0.2, 0.25) is 0 Å². The van der Waals surface area contributed by atoms with Gasteiger partial charge >= 0.3 is 12.3 Å². The van der Waals surface area contributed by atoms with Gasteiger partial charge in [0.15, 0.2) is 5.17 Å². The number of hydrogen-bond donors (Lipinski definition) is 0. The Balaban J connectivity index is 2.35. The van der Waals surface area contributed by atoms with Crippen molar-refractivity contribution in [3.8, 4) is 0 Å². The van der Waals surface area contributed by atoms with Crippen LogP contribution in [0.3, 0.4) is 0 Å². The van der Waals surface area contributed by atoms with Gasteiger partial charge in [0.1, 0.15) is 0 Å². The first-order chi connectivity index (χ1) is 11.6. The highest BCUT2D eigenvalue weighted by molar-refractivity contribution is 9.09. The molecule has 0 aromatic heterocycles. The standard InChI is InChI=1S/C16H18BrF3N2O2S/c1-9(2)24-15(23)21-14-22(8-13(25-14)10(3)17)12-6-4-5-11(7-12)16(18,19)20/h4-7,9-10,13H,8H2,1-3H3. The Morgan fingerprint density at radius 2 is 2.08 bits per heavy atom. The Morgan fingerprint density at radius 1 is 1.40 bits per heavy atom. The van der Waals surface area contributed by atoms with Gasteiger partial charge in [-0.2, -0.15) is 18.2 Å². The van der Waals surface area contributed by atoms with Crippen molar-refractivity contribution >= 4 is 44.6 Å². The first kappa shape index (κ1) is 20.1. The summed E-state index contributed by atoms with van der Waals surface area (Å²) in [5.74, 6) is 0. The van der Waals surface area contributed by atoms with Crippen molar-refractivity contribution in [2.75, 3.05) is 11.4 Å². The van der Waals surface area contributed by atoms with E-state index in [1.807, 2.05) is 6.92 Å². The van der Waals surface area contributed by atoms with Crippen molar-refractivity contribution in [1.82, 2.24) is 0 Å². The Labute approximate surface area is 156 Å². The maximum absolute atomic E-state index is 13.0. The van der Waals surface area contributed by atoms with Gasteiger partial charge in [-0.15, -0.1) is 0 Å². The molecule has 1 aromatic carbocycles. The van der Waals surface area contributed by atoms with E-state index in [9.17, 15) is 18.0 Å². The number of aliphatic imine (C=N–C) groups is 1. The van der Waals surface area contributed by atoms with Crippen molar-refractivity contribution in [3.05, 3.63) is 29.8 Å². The number of rotatable bonds is 3. The van der Waals surface area contributed by atoms with Crippen LogP contribution >= 0.6 is 27.7 Å². The maximum atomic E-state index is 13.0. The van der Waals surface area contributed by atoms with Crippen LogP contribution in [-0.4, -0.2) is 34.0 Å². The summed E-state index contributed by atoms with van der Waals surface area (Å²) in [4.78, 5) is 17.5. The average molecular weight is 439 g/mol. The van der Waals surface area contributed by atoms with E-state index < -0.39 is 17.8 Å². The molecule has 2 atom stereocenters. The number of carbonyl (C=O) groups is 1. The van der Waals surface area contributed by atoms with Crippen molar-refractivity contribution in [2.45, 2.75) is 43.1 Å². The molecule has 0 aliphatic carbocycles. The van der Waals surface area contributed by atoms with Crippen LogP contribution in [0.15, 0.2) is 29.3 Å². The van der Waals surface area contributed by atoms with E-state index >= 15 is 0 Å². The van der Waals surface area contributed by atoms with Gasteiger partial charge < -0.3 is 9.64 Å². The summed E-state index contributed by atoms with van der Waals surface area (Å²) in [6.07, 6.45) is -5.51. The molecule has 1 aliphatic rings. The molecular formula is C16H18BrF3N2O2S. The fourth-order valence-electron chi connectivity index (χ4n) is 2.19. The highest BCUT2D eigenvalue weighted by Gasteiger charge is 2.35. The van der Waals surface area contributed by atoms with Crippen LogP contribution in [0.4, 0.5) is 23.7 Å². The number of alkyl halides is 4. The third-order valence-electron chi connectivity index (χ3n) is 3.37. The van der Waals surface area contributed by atoms with E-state index in [0.29, 0.717) is 17.4 Å². The second-order valence-electron chi connectivity index (χ2n) is 5.82. The second-order valence-corrected chi connectivity index (χ2v) is 8.47. The third kappa shape index (κ3) is 5.37. The smallest absolute Gasteiger partial charge is 0.436 e. The highest BCUT2D eigenvalue weighted by Crippen LogP contribution is 2.37. The molecule has 2 rings (SSSR count). The molecule has 4 nitrogen and oxygen atoms in total. The Bertz CT molecular complexity index is 665. The number of anilines is 1. The minimum absolute atomic E-state index is 0.0418. The molecule has 25 heavy (non-hydrogen) atoms. The molecule has 0 N–H and O–H groups in total. The van der Waals surface area contributed by atoms with Gasteiger partial charge in [0.2, 0.25) is 0 Å². The van der Waals surface area contributed by atoms with Crippen molar-refractivity contribution in [1.29, 1.82) is 0 Å². The molecule has 0 bridgehead atoms. The summed E-state index contributed by atoms with van der Waals surface area (Å²) in [6.45, 7) is 5.78. The molecule has 1 aliphatic heterocycles. The topological polar surface area (TPSA) is 41.9 Å². The quantitative estimate of drug-likeness (QED) is 0.599. The number of thioether (sulfide) groups is 1. The number of hydrogen-bond acceptors (Lipinski definition) is 3. The normalized spacial score (nSPS) is 21.0. The van der Waals surface area contributed by atoms with Gasteiger partial charge in [-0.05, 0) is 32.0 Å². The molecule has 0 saturated carbocycles. The number of carbonyl (C=O) groups excluding carboxylic acids is 1. The summed E-state index contributed by atoms with van der Waals surface area (Å²) in [5.41, 5.74) is -0.400. The predicted octanol–water partition coefficient (Wildman–Crippen LogP) is 5.31. The zero-order chi connectivity index (χ0) is 18.8. The number of benzene rings is 1. The molecule has 2 unspecified atom stereocenters. The van der Waals surface area contributed by atoms with Crippen molar-refractivity contribution in [2.24, 2.45) is 4.99 Å². The lowest BCUT2D eigenvalue weighted by Gasteiger charge is -2.20. The predicted molar refractivity (Wildman–Crippen MR) is 97.6 cm³/mol. The lowest BCUT2D eigenvalue weighted by atomic mass is 10.1. The zero-order valence-electron chi connectivity index (χ0n) is 13.9. The summed E-state index contributed by atoms with van der Waals surface area (Å²) >= 11 is 4.82. The summed E-state index contributed by atoms with van der Waals surface area (Å²) in [6, 6.07) is 4.99. The number of amidine groups is 1. The van der Waals surface area contributed by atoms with Crippen LogP contribution in [0.5, 0.6) is 0 Å². The van der Waals surface area contributed by atoms with Gasteiger partial charge in [0.05, 0.1) is 11.7 Å². The lowest BCUT2D eigenvalue weighted by molar-refractivity contribution is -0.137.